The molecule has 0 aliphatic carbocycles. The average Bonchev–Trinajstić information content (AvgIpc) is 2.16. The topological polar surface area (TPSA) is 26.3 Å². The van der Waals surface area contributed by atoms with Gasteiger partial charge in [-0.1, -0.05) is 6.07 Å². The van der Waals surface area contributed by atoms with E-state index in [1.165, 1.54) is 19.1 Å². The van der Waals surface area contributed by atoms with E-state index in [2.05, 4.69) is 0 Å². The Morgan fingerprint density at radius 2 is 2.06 bits per heavy atom. The van der Waals surface area contributed by atoms with Gasteiger partial charge in [0.2, 0.25) is 0 Å². The van der Waals surface area contributed by atoms with Crippen LogP contribution in [0, 0.1) is 0 Å². The van der Waals surface area contributed by atoms with E-state index >= 15 is 0 Å². The van der Waals surface area contributed by atoms with Crippen molar-refractivity contribution < 1.29 is 22.7 Å². The predicted octanol–water partition coefficient (Wildman–Crippen LogP) is 3.24. The van der Waals surface area contributed by atoms with E-state index in [1.807, 2.05) is 0 Å². The molecule has 0 aromatic heterocycles. The molecule has 16 heavy (non-hydrogen) atoms. The summed E-state index contributed by atoms with van der Waals surface area (Å²) < 4.78 is 41.9. The maximum atomic E-state index is 12.3. The molecule has 0 unspecified atom stereocenters. The number of hydrogen-bond donors (Lipinski definition) is 0. The Balaban J connectivity index is 2.87. The van der Waals surface area contributed by atoms with Gasteiger partial charge in [0.05, 0.1) is 5.56 Å². The lowest BCUT2D eigenvalue weighted by Crippen LogP contribution is -2.19. The first kappa shape index (κ1) is 12.8. The Morgan fingerprint density at radius 3 is 2.56 bits per heavy atom. The number of carbonyl (C=O) groups excluding carboxylic acids is 1. The highest BCUT2D eigenvalue weighted by molar-refractivity contribution is 6.64. The molecule has 0 aliphatic rings. The molecular formula is C10H8ClF3O2. The number of rotatable bonds is 3. The summed E-state index contributed by atoms with van der Waals surface area (Å²) >= 11 is 5.12. The maximum Gasteiger partial charge on any atom is 0.416 e. The van der Waals surface area contributed by atoms with Crippen LogP contribution in [0.1, 0.15) is 12.5 Å². The van der Waals surface area contributed by atoms with E-state index in [1.54, 1.807) is 0 Å². The third-order valence-electron chi connectivity index (χ3n) is 1.79. The SMILES string of the molecule is C[C@@H](Oc1cccc(C(F)(F)F)c1)C(=O)Cl. The van der Waals surface area contributed by atoms with E-state index in [4.69, 9.17) is 16.3 Å². The Hall–Kier alpha value is -1.23. The number of hydrogen-bond acceptors (Lipinski definition) is 2. The molecule has 1 aromatic rings. The van der Waals surface area contributed by atoms with Crippen molar-refractivity contribution in [1.82, 2.24) is 0 Å². The number of carbonyl (C=O) groups is 1. The molecule has 0 saturated heterocycles. The van der Waals surface area contributed by atoms with E-state index in [9.17, 15) is 18.0 Å². The van der Waals surface area contributed by atoms with Crippen LogP contribution in [0.15, 0.2) is 24.3 Å². The van der Waals surface area contributed by atoms with Gasteiger partial charge in [-0.2, -0.15) is 13.2 Å². The normalized spacial score (nSPS) is 13.3. The largest absolute Gasteiger partial charge is 0.482 e. The molecular weight excluding hydrogens is 245 g/mol. The van der Waals surface area contributed by atoms with Gasteiger partial charge < -0.3 is 4.74 Å². The fourth-order valence-electron chi connectivity index (χ4n) is 0.996. The molecule has 0 amide bonds. The molecule has 0 fully saturated rings. The lowest BCUT2D eigenvalue weighted by atomic mass is 10.2. The first-order valence-corrected chi connectivity index (χ1v) is 4.72. The van der Waals surface area contributed by atoms with Crippen molar-refractivity contribution in [2.45, 2.75) is 19.2 Å². The number of alkyl halides is 3. The second kappa shape index (κ2) is 4.74. The van der Waals surface area contributed by atoms with Gasteiger partial charge in [0.25, 0.3) is 5.24 Å². The van der Waals surface area contributed by atoms with Crippen molar-refractivity contribution >= 4 is 16.8 Å². The van der Waals surface area contributed by atoms with Crippen molar-refractivity contribution in [2.75, 3.05) is 0 Å². The molecule has 6 heteroatoms. The zero-order valence-corrected chi connectivity index (χ0v) is 8.97. The molecule has 0 aliphatic heterocycles. The molecule has 0 saturated carbocycles. The van der Waals surface area contributed by atoms with Crippen LogP contribution in [-0.4, -0.2) is 11.3 Å². The lowest BCUT2D eigenvalue weighted by Gasteiger charge is -2.12. The van der Waals surface area contributed by atoms with Gasteiger partial charge in [-0.25, -0.2) is 0 Å². The fraction of sp³-hybridized carbons (Fsp3) is 0.300. The molecule has 0 spiro atoms. The van der Waals surface area contributed by atoms with Gasteiger partial charge >= 0.3 is 6.18 Å². The number of ether oxygens (including phenoxy) is 1. The Bertz CT molecular complexity index is 390. The van der Waals surface area contributed by atoms with E-state index in [0.29, 0.717) is 0 Å². The van der Waals surface area contributed by atoms with Crippen LogP contribution in [0.4, 0.5) is 13.2 Å². The van der Waals surface area contributed by atoms with Crippen molar-refractivity contribution in [3.63, 3.8) is 0 Å². The minimum absolute atomic E-state index is 0.0451. The summed E-state index contributed by atoms with van der Waals surface area (Å²) in [6, 6.07) is 4.26. The summed E-state index contributed by atoms with van der Waals surface area (Å²) in [6.07, 6.45) is -5.42. The number of halogens is 4. The Labute approximate surface area is 95.0 Å². The fourth-order valence-corrected chi connectivity index (χ4v) is 1.04. The minimum Gasteiger partial charge on any atom is -0.482 e. The van der Waals surface area contributed by atoms with Gasteiger partial charge in [-0.3, -0.25) is 4.79 Å². The standard InChI is InChI=1S/C10H8ClF3O2/c1-6(9(11)15)16-8-4-2-3-7(5-8)10(12,13)14/h2-6H,1H3/t6-/m1/s1. The molecule has 0 N–H and O–H groups in total. The molecule has 2 nitrogen and oxygen atoms in total. The highest BCUT2D eigenvalue weighted by atomic mass is 35.5. The van der Waals surface area contributed by atoms with E-state index in [-0.39, 0.29) is 5.75 Å². The summed E-state index contributed by atoms with van der Waals surface area (Å²) in [6.45, 7) is 1.36. The third kappa shape index (κ3) is 3.41. The van der Waals surface area contributed by atoms with Crippen molar-refractivity contribution in [2.24, 2.45) is 0 Å². The van der Waals surface area contributed by atoms with Gasteiger partial charge in [0, 0.05) is 0 Å². The van der Waals surface area contributed by atoms with Crippen LogP contribution >= 0.6 is 11.6 Å². The van der Waals surface area contributed by atoms with Crippen LogP contribution in [0.25, 0.3) is 0 Å². The van der Waals surface area contributed by atoms with Crippen molar-refractivity contribution in [3.8, 4) is 5.75 Å². The van der Waals surface area contributed by atoms with Crippen LogP contribution < -0.4 is 4.74 Å². The summed E-state index contributed by atoms with van der Waals surface area (Å²) in [5, 5.41) is -0.766. The molecule has 1 atom stereocenters. The zero-order valence-electron chi connectivity index (χ0n) is 8.22. The smallest absolute Gasteiger partial charge is 0.416 e. The van der Waals surface area contributed by atoms with Gasteiger partial charge in [-0.05, 0) is 36.7 Å². The molecule has 0 bridgehead atoms. The van der Waals surface area contributed by atoms with E-state index in [0.717, 1.165) is 12.1 Å². The predicted molar refractivity (Wildman–Crippen MR) is 52.4 cm³/mol. The van der Waals surface area contributed by atoms with Gasteiger partial charge in [0.15, 0.2) is 6.10 Å². The average molecular weight is 253 g/mol. The minimum atomic E-state index is -4.44. The summed E-state index contributed by atoms with van der Waals surface area (Å²) in [5.74, 6) is -0.0451. The first-order chi connectivity index (χ1) is 7.30. The van der Waals surface area contributed by atoms with Crippen LogP contribution in [0.5, 0.6) is 5.75 Å². The second-order valence-corrected chi connectivity index (χ2v) is 3.46. The van der Waals surface area contributed by atoms with E-state index < -0.39 is 23.1 Å². The van der Waals surface area contributed by atoms with Crippen LogP contribution in [-0.2, 0) is 11.0 Å². The van der Waals surface area contributed by atoms with Crippen LogP contribution in [0.3, 0.4) is 0 Å². The molecule has 0 radical (unpaired) electrons. The Kier molecular flexibility index (Phi) is 3.80. The summed E-state index contributed by atoms with van der Waals surface area (Å²) in [4.78, 5) is 10.6. The first-order valence-electron chi connectivity index (χ1n) is 4.34. The lowest BCUT2D eigenvalue weighted by molar-refractivity contribution is -0.137. The van der Waals surface area contributed by atoms with Gasteiger partial charge in [-0.15, -0.1) is 0 Å². The quantitative estimate of drug-likeness (QED) is 0.772. The summed E-state index contributed by atoms with van der Waals surface area (Å²) in [5.41, 5.74) is -0.834. The molecule has 1 aromatic carbocycles. The van der Waals surface area contributed by atoms with Crippen molar-refractivity contribution in [3.05, 3.63) is 29.8 Å². The number of benzene rings is 1. The molecule has 0 heterocycles. The highest BCUT2D eigenvalue weighted by Crippen LogP contribution is 2.31. The molecule has 1 rings (SSSR count). The summed E-state index contributed by atoms with van der Waals surface area (Å²) in [7, 11) is 0. The van der Waals surface area contributed by atoms with Crippen molar-refractivity contribution in [1.29, 1.82) is 0 Å². The zero-order chi connectivity index (χ0) is 12.3. The van der Waals surface area contributed by atoms with Gasteiger partial charge in [0.1, 0.15) is 5.75 Å². The third-order valence-corrected chi connectivity index (χ3v) is 2.10. The Morgan fingerprint density at radius 1 is 1.44 bits per heavy atom. The monoisotopic (exact) mass is 252 g/mol. The highest BCUT2D eigenvalue weighted by Gasteiger charge is 2.30. The second-order valence-electron chi connectivity index (χ2n) is 3.09. The van der Waals surface area contributed by atoms with Crippen LogP contribution in [0.2, 0.25) is 0 Å². The molecule has 88 valence electrons. The maximum absolute atomic E-state index is 12.3.